The van der Waals surface area contributed by atoms with Crippen LogP contribution in [0.25, 0.3) is 10.9 Å². The molecule has 0 amide bonds. The number of aryl methyl sites for hydroxylation is 1. The number of nitrogens with one attached hydrogen (secondary N) is 1. The molecule has 1 heterocycles. The Morgan fingerprint density at radius 2 is 2.06 bits per heavy atom. The molecule has 17 heavy (non-hydrogen) atoms. The Balaban J connectivity index is 2.13. The van der Waals surface area contributed by atoms with Crippen molar-refractivity contribution in [1.29, 1.82) is 0 Å². The molecular weight excluding hydrogens is 208 g/mol. The first-order valence-corrected chi connectivity index (χ1v) is 6.37. The van der Waals surface area contributed by atoms with Crippen molar-refractivity contribution >= 4 is 10.9 Å². The van der Waals surface area contributed by atoms with Crippen LogP contribution in [0, 0.1) is 0 Å². The number of nitrogens with zero attached hydrogens (tertiary/aromatic N) is 1. The Hall–Kier alpha value is -1.41. The van der Waals surface area contributed by atoms with Crippen molar-refractivity contribution < 1.29 is 0 Å². The molecule has 0 spiro atoms. The number of aromatic nitrogens is 1. The van der Waals surface area contributed by atoms with E-state index in [1.54, 1.807) is 0 Å². The number of benzene rings is 1. The van der Waals surface area contributed by atoms with Crippen LogP contribution in [-0.2, 0) is 6.42 Å². The molecule has 2 heteroatoms. The largest absolute Gasteiger partial charge is 0.315 e. The van der Waals surface area contributed by atoms with E-state index >= 15 is 0 Å². The van der Waals surface area contributed by atoms with Crippen LogP contribution in [0.1, 0.15) is 25.8 Å². The molecule has 1 unspecified atom stereocenters. The van der Waals surface area contributed by atoms with Crippen molar-refractivity contribution in [1.82, 2.24) is 10.3 Å². The van der Waals surface area contributed by atoms with Gasteiger partial charge in [-0.15, -0.1) is 0 Å². The summed E-state index contributed by atoms with van der Waals surface area (Å²) in [4.78, 5) is 4.39. The van der Waals surface area contributed by atoms with Gasteiger partial charge in [0.15, 0.2) is 0 Å². The van der Waals surface area contributed by atoms with E-state index < -0.39 is 0 Å². The van der Waals surface area contributed by atoms with Crippen LogP contribution in [0.3, 0.4) is 0 Å². The second-order valence-electron chi connectivity index (χ2n) is 4.48. The average Bonchev–Trinajstić information content (AvgIpc) is 2.36. The Labute approximate surface area is 103 Å². The summed E-state index contributed by atoms with van der Waals surface area (Å²) in [5.41, 5.74) is 2.50. The third kappa shape index (κ3) is 3.04. The van der Waals surface area contributed by atoms with E-state index in [-0.39, 0.29) is 0 Å². The van der Waals surface area contributed by atoms with Crippen LogP contribution < -0.4 is 5.32 Å². The van der Waals surface area contributed by atoms with Gasteiger partial charge < -0.3 is 5.32 Å². The Bertz CT molecular complexity index is 474. The monoisotopic (exact) mass is 228 g/mol. The fraction of sp³-hybridized carbons (Fsp3) is 0.400. The second kappa shape index (κ2) is 5.78. The van der Waals surface area contributed by atoms with Crippen molar-refractivity contribution in [2.24, 2.45) is 0 Å². The number of pyridine rings is 1. The highest BCUT2D eigenvalue weighted by Crippen LogP contribution is 2.17. The lowest BCUT2D eigenvalue weighted by Crippen LogP contribution is -2.25. The van der Waals surface area contributed by atoms with Gasteiger partial charge in [-0.1, -0.05) is 25.1 Å². The van der Waals surface area contributed by atoms with Gasteiger partial charge in [-0.25, -0.2) is 0 Å². The summed E-state index contributed by atoms with van der Waals surface area (Å²) in [5.74, 6) is 0. The number of hydrogen-bond acceptors (Lipinski definition) is 2. The summed E-state index contributed by atoms with van der Waals surface area (Å²) in [5, 5.41) is 4.74. The summed E-state index contributed by atoms with van der Waals surface area (Å²) >= 11 is 0. The number of para-hydroxylation sites is 1. The van der Waals surface area contributed by atoms with Crippen LogP contribution >= 0.6 is 0 Å². The fourth-order valence-corrected chi connectivity index (χ4v) is 2.20. The maximum absolute atomic E-state index is 4.39. The normalized spacial score (nSPS) is 12.8. The maximum Gasteiger partial charge on any atom is 0.0704 e. The van der Waals surface area contributed by atoms with E-state index in [0.29, 0.717) is 6.04 Å². The fourth-order valence-electron chi connectivity index (χ4n) is 2.20. The van der Waals surface area contributed by atoms with E-state index in [2.05, 4.69) is 48.4 Å². The SMILES string of the molecule is CCNC(C)CCc1ccnc2ccccc12. The molecule has 2 rings (SSSR count). The zero-order chi connectivity index (χ0) is 12.1. The number of rotatable bonds is 5. The van der Waals surface area contributed by atoms with Gasteiger partial charge in [0.2, 0.25) is 0 Å². The molecule has 0 saturated carbocycles. The highest BCUT2D eigenvalue weighted by Gasteiger charge is 2.04. The quantitative estimate of drug-likeness (QED) is 0.850. The van der Waals surface area contributed by atoms with Crippen molar-refractivity contribution in [3.63, 3.8) is 0 Å². The highest BCUT2D eigenvalue weighted by atomic mass is 14.9. The summed E-state index contributed by atoms with van der Waals surface area (Å²) in [7, 11) is 0. The van der Waals surface area contributed by atoms with Crippen LogP contribution in [0.2, 0.25) is 0 Å². The molecule has 2 aromatic rings. The molecule has 0 radical (unpaired) electrons. The highest BCUT2D eigenvalue weighted by molar-refractivity contribution is 5.81. The van der Waals surface area contributed by atoms with Crippen LogP contribution in [0.15, 0.2) is 36.5 Å². The number of fused-ring (bicyclic) bond motifs is 1. The summed E-state index contributed by atoms with van der Waals surface area (Å²) in [6.07, 6.45) is 4.19. The van der Waals surface area contributed by atoms with E-state index in [9.17, 15) is 0 Å². The van der Waals surface area contributed by atoms with Gasteiger partial charge in [-0.05, 0) is 44.0 Å². The summed E-state index contributed by atoms with van der Waals surface area (Å²) in [6.45, 7) is 5.43. The van der Waals surface area contributed by atoms with Crippen LogP contribution in [0.5, 0.6) is 0 Å². The van der Waals surface area contributed by atoms with Gasteiger partial charge in [-0.3, -0.25) is 4.98 Å². The van der Waals surface area contributed by atoms with Crippen LogP contribution in [0.4, 0.5) is 0 Å². The molecule has 1 atom stereocenters. The molecule has 0 saturated heterocycles. The predicted octanol–water partition coefficient (Wildman–Crippen LogP) is 3.17. The molecule has 0 aliphatic rings. The zero-order valence-corrected chi connectivity index (χ0v) is 10.6. The lowest BCUT2D eigenvalue weighted by Gasteiger charge is -2.12. The molecule has 1 N–H and O–H groups in total. The minimum Gasteiger partial charge on any atom is -0.315 e. The molecule has 2 nitrogen and oxygen atoms in total. The Kier molecular flexibility index (Phi) is 4.10. The standard InChI is InChI=1S/C15H20N2/c1-3-16-12(2)8-9-13-10-11-17-15-7-5-4-6-14(13)15/h4-7,10-12,16H,3,8-9H2,1-2H3. The van der Waals surface area contributed by atoms with Gasteiger partial charge in [-0.2, -0.15) is 0 Å². The summed E-state index contributed by atoms with van der Waals surface area (Å²) < 4.78 is 0. The minimum atomic E-state index is 0.576. The predicted molar refractivity (Wildman–Crippen MR) is 73.2 cm³/mol. The van der Waals surface area contributed by atoms with Gasteiger partial charge in [0, 0.05) is 17.6 Å². The molecular formula is C15H20N2. The van der Waals surface area contributed by atoms with Crippen molar-refractivity contribution in [2.75, 3.05) is 6.54 Å². The third-order valence-corrected chi connectivity index (χ3v) is 3.14. The lowest BCUT2D eigenvalue weighted by molar-refractivity contribution is 0.531. The van der Waals surface area contributed by atoms with Crippen molar-refractivity contribution in [2.45, 2.75) is 32.7 Å². The topological polar surface area (TPSA) is 24.9 Å². The molecule has 0 bridgehead atoms. The van der Waals surface area contributed by atoms with Gasteiger partial charge >= 0.3 is 0 Å². The summed E-state index contributed by atoms with van der Waals surface area (Å²) in [6, 6.07) is 11.1. The third-order valence-electron chi connectivity index (χ3n) is 3.14. The number of hydrogen-bond donors (Lipinski definition) is 1. The zero-order valence-electron chi connectivity index (χ0n) is 10.6. The van der Waals surface area contributed by atoms with Crippen molar-refractivity contribution in [3.8, 4) is 0 Å². The molecule has 90 valence electrons. The second-order valence-corrected chi connectivity index (χ2v) is 4.48. The molecule has 0 aliphatic heterocycles. The van der Waals surface area contributed by atoms with Gasteiger partial charge in [0.1, 0.15) is 0 Å². The Morgan fingerprint density at radius 1 is 1.24 bits per heavy atom. The van der Waals surface area contributed by atoms with E-state index in [4.69, 9.17) is 0 Å². The van der Waals surface area contributed by atoms with E-state index in [1.165, 1.54) is 17.4 Å². The maximum atomic E-state index is 4.39. The Morgan fingerprint density at radius 3 is 2.88 bits per heavy atom. The molecule has 1 aromatic carbocycles. The van der Waals surface area contributed by atoms with Gasteiger partial charge in [0.05, 0.1) is 5.52 Å². The first-order valence-electron chi connectivity index (χ1n) is 6.37. The van der Waals surface area contributed by atoms with Crippen molar-refractivity contribution in [3.05, 3.63) is 42.1 Å². The minimum absolute atomic E-state index is 0.576. The van der Waals surface area contributed by atoms with Gasteiger partial charge in [0.25, 0.3) is 0 Å². The first kappa shape index (κ1) is 12.1. The van der Waals surface area contributed by atoms with E-state index in [1.807, 2.05) is 12.3 Å². The average molecular weight is 228 g/mol. The smallest absolute Gasteiger partial charge is 0.0704 e. The first-order chi connectivity index (χ1) is 8.31. The van der Waals surface area contributed by atoms with E-state index in [0.717, 1.165) is 18.5 Å². The molecule has 1 aromatic heterocycles. The lowest BCUT2D eigenvalue weighted by atomic mass is 10.0. The molecule has 0 fully saturated rings. The van der Waals surface area contributed by atoms with Crippen LogP contribution in [-0.4, -0.2) is 17.6 Å². The molecule has 0 aliphatic carbocycles.